The third-order valence-corrected chi connectivity index (χ3v) is 6.96. The lowest BCUT2D eigenvalue weighted by atomic mass is 9.90. The molecule has 2 N–H and O–H groups in total. The summed E-state index contributed by atoms with van der Waals surface area (Å²) >= 11 is 12.0. The van der Waals surface area contributed by atoms with Gasteiger partial charge in [0.25, 0.3) is 0 Å². The average molecular weight is 502 g/mol. The van der Waals surface area contributed by atoms with Crippen LogP contribution in [0.5, 0.6) is 0 Å². The molecule has 1 aliphatic rings. The van der Waals surface area contributed by atoms with Gasteiger partial charge in [0.15, 0.2) is 5.03 Å². The minimum Gasteiger partial charge on any atom is -0.316 e. The molecule has 0 radical (unpaired) electrons. The maximum Gasteiger partial charge on any atom is 0.311 e. The second kappa shape index (κ2) is 9.07. The van der Waals surface area contributed by atoms with Crippen molar-refractivity contribution in [3.8, 4) is 0 Å². The fourth-order valence-corrected chi connectivity index (χ4v) is 5.01. The Morgan fingerprint density at radius 3 is 2.19 bits per heavy atom. The zero-order valence-electron chi connectivity index (χ0n) is 16.6. The predicted octanol–water partition coefficient (Wildman–Crippen LogP) is 4.50. The van der Waals surface area contributed by atoms with E-state index in [4.69, 9.17) is 23.2 Å². The average Bonchev–Trinajstić information content (AvgIpc) is 3.38. The molecule has 0 aliphatic carbocycles. The molecule has 11 heteroatoms. The molecule has 0 bridgehead atoms. The van der Waals surface area contributed by atoms with E-state index >= 15 is 0 Å². The molecule has 1 unspecified atom stereocenters. The van der Waals surface area contributed by atoms with Crippen LogP contribution >= 0.6 is 23.2 Å². The molecule has 6 nitrogen and oxygen atoms in total. The second-order valence-corrected chi connectivity index (χ2v) is 9.86. The molecule has 0 saturated carbocycles. The molecule has 1 atom stereocenters. The number of nitrogens with one attached hydrogen (secondary N) is 1. The smallest absolute Gasteiger partial charge is 0.311 e. The number of aromatic nitrogens is 2. The highest BCUT2D eigenvalue weighted by Crippen LogP contribution is 2.36. The zero-order chi connectivity index (χ0) is 23.0. The fourth-order valence-electron chi connectivity index (χ4n) is 4.00. The number of benzene rings is 2. The van der Waals surface area contributed by atoms with Gasteiger partial charge in [0.05, 0.1) is 22.2 Å². The molecule has 1 saturated heterocycles. The molecule has 2 heterocycles. The van der Waals surface area contributed by atoms with Crippen molar-refractivity contribution in [2.24, 2.45) is 5.92 Å². The van der Waals surface area contributed by atoms with Gasteiger partial charge in [-0.25, -0.2) is 13.8 Å². The molecule has 0 spiro atoms. The van der Waals surface area contributed by atoms with E-state index in [1.54, 1.807) is 0 Å². The van der Waals surface area contributed by atoms with E-state index in [2.05, 4.69) is 10.3 Å². The van der Waals surface area contributed by atoms with Crippen LogP contribution in [0.1, 0.15) is 29.3 Å². The summed E-state index contributed by atoms with van der Waals surface area (Å²) in [5.74, 6) is -1.61. The number of hydrogen-bond donors (Lipinski definition) is 2. The van der Waals surface area contributed by atoms with E-state index in [1.165, 1.54) is 41.0 Å². The number of halogens is 4. The number of imidazole rings is 1. The van der Waals surface area contributed by atoms with Crippen LogP contribution in [-0.4, -0.2) is 35.6 Å². The number of hydrogen-bond acceptors (Lipinski definition) is 4. The molecule has 3 aromatic rings. The first kappa shape index (κ1) is 23.1. The van der Waals surface area contributed by atoms with Crippen LogP contribution in [-0.2, 0) is 16.7 Å². The summed E-state index contributed by atoms with van der Waals surface area (Å²) in [5.41, 5.74) is 0.995. The molecular weight excluding hydrogens is 483 g/mol. The Morgan fingerprint density at radius 1 is 1.12 bits per heavy atom. The lowest BCUT2D eigenvalue weighted by molar-refractivity contribution is 0.425. The molecule has 1 aromatic heterocycles. The van der Waals surface area contributed by atoms with E-state index in [9.17, 15) is 21.8 Å². The standard InChI is InChI=1S/C21H19Cl2F2N3O3S/c22-15-7-13(1-3-17(15)24)20(14-2-4-18(25)16(23)8-14)21-27-10-19(32(29,30)31)28(21)11-12-5-6-26-9-12/h1-4,7-8,10,12,20,26H,5-6,9,11H2,(H,29,30,31). The maximum atomic E-state index is 13.9. The first-order chi connectivity index (χ1) is 15.1. The lowest BCUT2D eigenvalue weighted by Gasteiger charge is -2.22. The highest BCUT2D eigenvalue weighted by atomic mass is 35.5. The molecule has 1 fully saturated rings. The lowest BCUT2D eigenvalue weighted by Crippen LogP contribution is -2.21. The third kappa shape index (κ3) is 4.67. The Labute approximate surface area is 193 Å². The van der Waals surface area contributed by atoms with Gasteiger partial charge in [0, 0.05) is 6.54 Å². The van der Waals surface area contributed by atoms with Gasteiger partial charge in [0.1, 0.15) is 17.5 Å². The van der Waals surface area contributed by atoms with E-state index in [0.717, 1.165) is 19.2 Å². The molecule has 2 aromatic carbocycles. The molecule has 1 aliphatic heterocycles. The van der Waals surface area contributed by atoms with E-state index in [1.807, 2.05) is 0 Å². The summed E-state index contributed by atoms with van der Waals surface area (Å²) in [4.78, 5) is 4.31. The van der Waals surface area contributed by atoms with E-state index in [-0.39, 0.29) is 33.4 Å². The van der Waals surface area contributed by atoms with Crippen molar-refractivity contribution < 1.29 is 21.8 Å². The van der Waals surface area contributed by atoms with Gasteiger partial charge >= 0.3 is 10.1 Å². The van der Waals surface area contributed by atoms with E-state index in [0.29, 0.717) is 17.7 Å². The van der Waals surface area contributed by atoms with Crippen LogP contribution in [0.4, 0.5) is 8.78 Å². The van der Waals surface area contributed by atoms with Crippen LogP contribution in [0.25, 0.3) is 0 Å². The Kier molecular flexibility index (Phi) is 6.56. The highest BCUT2D eigenvalue weighted by Gasteiger charge is 2.30. The monoisotopic (exact) mass is 501 g/mol. The van der Waals surface area contributed by atoms with Crippen LogP contribution in [0.15, 0.2) is 47.6 Å². The molecule has 32 heavy (non-hydrogen) atoms. The summed E-state index contributed by atoms with van der Waals surface area (Å²) < 4.78 is 63.1. The first-order valence-corrected chi connectivity index (χ1v) is 12.0. The normalized spacial score (nSPS) is 16.8. The van der Waals surface area contributed by atoms with Crippen molar-refractivity contribution in [3.63, 3.8) is 0 Å². The van der Waals surface area contributed by atoms with Crippen molar-refractivity contribution in [1.29, 1.82) is 0 Å². The molecular formula is C21H19Cl2F2N3O3S. The van der Waals surface area contributed by atoms with Crippen LogP contribution in [0.2, 0.25) is 10.0 Å². The minimum absolute atomic E-state index is 0.109. The predicted molar refractivity (Wildman–Crippen MR) is 117 cm³/mol. The van der Waals surface area contributed by atoms with E-state index < -0.39 is 27.7 Å². The van der Waals surface area contributed by atoms with Crippen LogP contribution in [0, 0.1) is 17.6 Å². The van der Waals surface area contributed by atoms with Crippen molar-refractivity contribution >= 4 is 33.3 Å². The van der Waals surface area contributed by atoms with Gasteiger partial charge in [-0.3, -0.25) is 4.55 Å². The van der Waals surface area contributed by atoms with Crippen LogP contribution < -0.4 is 5.32 Å². The summed E-state index contributed by atoms with van der Waals surface area (Å²) in [6, 6.07) is 8.17. The Hall–Kier alpha value is -2.04. The van der Waals surface area contributed by atoms with Gasteiger partial charge in [-0.2, -0.15) is 8.42 Å². The Morgan fingerprint density at radius 2 is 1.72 bits per heavy atom. The molecule has 0 amide bonds. The summed E-state index contributed by atoms with van der Waals surface area (Å²) in [7, 11) is -4.57. The SMILES string of the molecule is O=S(=O)(O)c1cnc(C(c2ccc(F)c(Cl)c2)c2ccc(F)c(Cl)c2)n1CC1CCNC1. The minimum atomic E-state index is -4.57. The van der Waals surface area contributed by atoms with Gasteiger partial charge in [-0.1, -0.05) is 35.3 Å². The van der Waals surface area contributed by atoms with Crippen molar-refractivity contribution in [3.05, 3.63) is 81.2 Å². The quantitative estimate of drug-likeness (QED) is 0.485. The highest BCUT2D eigenvalue weighted by molar-refractivity contribution is 7.85. The Bertz CT molecular complexity index is 1210. The number of rotatable bonds is 6. The summed E-state index contributed by atoms with van der Waals surface area (Å²) in [5, 5.41) is 2.60. The first-order valence-electron chi connectivity index (χ1n) is 9.78. The van der Waals surface area contributed by atoms with Gasteiger partial charge < -0.3 is 9.88 Å². The molecule has 170 valence electrons. The fraction of sp³-hybridized carbons (Fsp3) is 0.286. The zero-order valence-corrected chi connectivity index (χ0v) is 18.9. The Balaban J connectivity index is 1.93. The summed E-state index contributed by atoms with van der Waals surface area (Å²) in [6.45, 7) is 1.75. The molecule has 4 rings (SSSR count). The topological polar surface area (TPSA) is 84.2 Å². The largest absolute Gasteiger partial charge is 0.316 e. The van der Waals surface area contributed by atoms with Gasteiger partial charge in [-0.05, 0) is 60.8 Å². The van der Waals surface area contributed by atoms with Crippen molar-refractivity contribution in [2.75, 3.05) is 13.1 Å². The van der Waals surface area contributed by atoms with Gasteiger partial charge in [-0.15, -0.1) is 0 Å². The third-order valence-electron chi connectivity index (χ3n) is 5.53. The number of nitrogens with zero attached hydrogens (tertiary/aromatic N) is 2. The van der Waals surface area contributed by atoms with Crippen molar-refractivity contribution in [2.45, 2.75) is 23.9 Å². The van der Waals surface area contributed by atoms with Gasteiger partial charge in [0.2, 0.25) is 0 Å². The maximum absolute atomic E-state index is 13.9. The van der Waals surface area contributed by atoms with Crippen molar-refractivity contribution in [1.82, 2.24) is 14.9 Å². The summed E-state index contributed by atoms with van der Waals surface area (Å²) in [6.07, 6.45) is 1.90. The van der Waals surface area contributed by atoms with Crippen LogP contribution in [0.3, 0.4) is 0 Å². The second-order valence-electron chi connectivity index (χ2n) is 7.68.